The molecule has 0 amide bonds. The molecule has 4 N–H and O–H groups in total. The summed E-state index contributed by atoms with van der Waals surface area (Å²) in [6.07, 6.45) is 13.7. The van der Waals surface area contributed by atoms with Crippen molar-refractivity contribution in [3.05, 3.63) is 95.0 Å². The van der Waals surface area contributed by atoms with Crippen LogP contribution in [0.2, 0.25) is 0 Å². The molecule has 180 valence electrons. The van der Waals surface area contributed by atoms with E-state index in [1.165, 1.54) is 17.0 Å². The Balaban J connectivity index is 1.23. The zero-order valence-corrected chi connectivity index (χ0v) is 19.7. The van der Waals surface area contributed by atoms with E-state index in [2.05, 4.69) is 44.7 Å². The van der Waals surface area contributed by atoms with Gasteiger partial charge in [-0.1, -0.05) is 18.2 Å². The zero-order chi connectivity index (χ0) is 23.9. The number of benzene rings is 1. The van der Waals surface area contributed by atoms with Crippen LogP contribution in [0.25, 0.3) is 0 Å². The highest BCUT2D eigenvalue weighted by molar-refractivity contribution is 5.81. The Morgan fingerprint density at radius 3 is 2.83 bits per heavy atom. The summed E-state index contributed by atoms with van der Waals surface area (Å²) in [7, 11) is 1.63. The monoisotopic (exact) mass is 471 g/mol. The van der Waals surface area contributed by atoms with Gasteiger partial charge in [0.1, 0.15) is 11.9 Å². The van der Waals surface area contributed by atoms with Crippen LogP contribution in [-0.2, 0) is 6.42 Å². The van der Waals surface area contributed by atoms with E-state index in [0.717, 1.165) is 30.0 Å². The number of hydrogen-bond donors (Lipinski definition) is 4. The third kappa shape index (κ3) is 3.87. The number of aliphatic hydroxyl groups excluding tert-OH is 1. The summed E-state index contributed by atoms with van der Waals surface area (Å²) in [6, 6.07) is 7.44. The Labute approximate surface area is 204 Å². The molecule has 0 saturated heterocycles. The summed E-state index contributed by atoms with van der Waals surface area (Å²) in [4.78, 5) is 15.2. The lowest BCUT2D eigenvalue weighted by molar-refractivity contribution is 0.0845. The summed E-state index contributed by atoms with van der Waals surface area (Å²) in [5.74, 6) is 0.757. The van der Waals surface area contributed by atoms with Gasteiger partial charge in [0.2, 0.25) is 0 Å². The van der Waals surface area contributed by atoms with Gasteiger partial charge in [-0.25, -0.2) is 10.4 Å². The second kappa shape index (κ2) is 8.84. The largest absolute Gasteiger partial charge is 0.497 e. The number of hydrogen-bond acceptors (Lipinski definition) is 8. The minimum Gasteiger partial charge on any atom is -0.497 e. The Morgan fingerprint density at radius 2 is 2.09 bits per heavy atom. The smallest absolute Gasteiger partial charge is 0.176 e. The molecule has 2 aromatic rings. The van der Waals surface area contributed by atoms with Gasteiger partial charge in [-0.15, -0.1) is 0 Å². The number of aliphatic hydroxyl groups is 1. The van der Waals surface area contributed by atoms with Crippen molar-refractivity contribution in [2.45, 2.75) is 37.8 Å². The molecule has 0 fully saturated rings. The molecule has 0 radical (unpaired) electrons. The van der Waals surface area contributed by atoms with Crippen LogP contribution in [0.4, 0.5) is 0 Å². The first-order valence-electron chi connectivity index (χ1n) is 11.8. The number of methoxy groups -OCH3 is 1. The maximum absolute atomic E-state index is 10.9. The van der Waals surface area contributed by atoms with Crippen LogP contribution in [0.3, 0.4) is 0 Å². The highest BCUT2D eigenvalue weighted by atomic mass is 16.5. The number of allylic oxidation sites excluding steroid dienone is 3. The number of aromatic nitrogens is 2. The van der Waals surface area contributed by atoms with Crippen molar-refractivity contribution in [3.8, 4) is 5.75 Å². The predicted molar refractivity (Wildman–Crippen MR) is 133 cm³/mol. The molecule has 35 heavy (non-hydrogen) atoms. The summed E-state index contributed by atoms with van der Waals surface area (Å²) in [6.45, 7) is 2.95. The number of imidazole rings is 1. The second-order valence-electron chi connectivity index (χ2n) is 9.11. The first kappa shape index (κ1) is 21.8. The third-order valence-electron chi connectivity index (χ3n) is 7.05. The lowest BCUT2D eigenvalue weighted by Gasteiger charge is -2.42. The fraction of sp³-hybridized carbons (Fsp3) is 0.308. The first-order chi connectivity index (χ1) is 17.1. The molecule has 0 spiro atoms. The quantitative estimate of drug-likeness (QED) is 0.531. The fourth-order valence-corrected chi connectivity index (χ4v) is 5.17. The first-order valence-corrected chi connectivity index (χ1v) is 11.8. The number of hydrazine groups is 1. The molecule has 1 aromatic carbocycles. The van der Waals surface area contributed by atoms with Crippen molar-refractivity contribution in [1.82, 2.24) is 30.6 Å². The average molecular weight is 472 g/mol. The number of nitrogens with one attached hydrogen (secondary N) is 3. The van der Waals surface area contributed by atoms with Gasteiger partial charge < -0.3 is 20.1 Å². The third-order valence-corrected chi connectivity index (χ3v) is 7.05. The van der Waals surface area contributed by atoms with Crippen molar-refractivity contribution in [2.24, 2.45) is 4.99 Å². The number of H-pyrrole nitrogens is 1. The van der Waals surface area contributed by atoms with E-state index in [1.807, 2.05) is 42.7 Å². The molecule has 1 aromatic heterocycles. The van der Waals surface area contributed by atoms with Crippen LogP contribution in [-0.4, -0.2) is 57.2 Å². The molecule has 4 atom stereocenters. The fourth-order valence-electron chi connectivity index (χ4n) is 5.17. The molecule has 4 aliphatic rings. The summed E-state index contributed by atoms with van der Waals surface area (Å²) in [5.41, 5.74) is 9.73. The van der Waals surface area contributed by atoms with Gasteiger partial charge >= 0.3 is 0 Å². The molecule has 0 saturated carbocycles. The van der Waals surface area contributed by atoms with Gasteiger partial charge in [0.25, 0.3) is 0 Å². The van der Waals surface area contributed by atoms with Crippen LogP contribution in [0.1, 0.15) is 36.0 Å². The Hall–Kier alpha value is -3.66. The number of aromatic amines is 1. The Bertz CT molecular complexity index is 1260. The number of fused-ring (bicyclic) bond motifs is 2. The minimum absolute atomic E-state index is 0.0135. The van der Waals surface area contributed by atoms with Crippen LogP contribution < -0.4 is 15.5 Å². The second-order valence-corrected chi connectivity index (χ2v) is 9.11. The SMILES string of the molecule is COc1ccc(C(O)C2=CNC(N3CCc4[nH]cnc4C3C3C=C4C(C)=CC=CN4N3)N=C2)cc1. The van der Waals surface area contributed by atoms with Gasteiger partial charge in [0.15, 0.2) is 6.29 Å². The van der Waals surface area contributed by atoms with Crippen molar-refractivity contribution in [2.75, 3.05) is 13.7 Å². The molecular weight excluding hydrogens is 442 g/mol. The highest BCUT2D eigenvalue weighted by Gasteiger charge is 2.41. The molecule has 9 heteroatoms. The van der Waals surface area contributed by atoms with Crippen LogP contribution >= 0.6 is 0 Å². The summed E-state index contributed by atoms with van der Waals surface area (Å²) < 4.78 is 5.22. The van der Waals surface area contributed by atoms with Crippen LogP contribution in [0.5, 0.6) is 5.75 Å². The number of ether oxygens (including phenoxy) is 1. The van der Waals surface area contributed by atoms with E-state index in [0.29, 0.717) is 5.57 Å². The van der Waals surface area contributed by atoms with E-state index >= 15 is 0 Å². The van der Waals surface area contributed by atoms with E-state index in [4.69, 9.17) is 14.7 Å². The van der Waals surface area contributed by atoms with Gasteiger partial charge in [-0.3, -0.25) is 14.9 Å². The number of nitrogens with zero attached hydrogens (tertiary/aromatic N) is 4. The van der Waals surface area contributed by atoms with E-state index in [1.54, 1.807) is 19.7 Å². The summed E-state index contributed by atoms with van der Waals surface area (Å²) >= 11 is 0. The lowest BCUT2D eigenvalue weighted by Crippen LogP contribution is -2.54. The number of aliphatic imine (C=N–C) groups is 1. The molecular formula is C26H29N7O2. The molecule has 9 nitrogen and oxygen atoms in total. The van der Waals surface area contributed by atoms with Crippen LogP contribution in [0, 0.1) is 0 Å². The van der Waals surface area contributed by atoms with Crippen molar-refractivity contribution in [1.29, 1.82) is 0 Å². The van der Waals surface area contributed by atoms with Crippen molar-refractivity contribution in [3.63, 3.8) is 0 Å². The minimum atomic E-state index is -0.771. The molecule has 4 unspecified atom stereocenters. The van der Waals surface area contributed by atoms with Gasteiger partial charge in [-0.2, -0.15) is 0 Å². The standard InChI is InChI=1S/C26H29N7O2/c1-16-4-3-10-33-22(16)12-21(31-33)24-23-20(29-15-30-23)9-11-32(24)26-27-13-18(14-28-26)25(34)17-5-7-19(35-2)8-6-17/h3-8,10,12-15,21,24-27,31,34H,9,11H2,1-2H3,(H,29,30). The van der Waals surface area contributed by atoms with Crippen LogP contribution in [0.15, 0.2) is 83.1 Å². The predicted octanol–water partition coefficient (Wildman–Crippen LogP) is 2.44. The maximum Gasteiger partial charge on any atom is 0.176 e. The normalized spacial score (nSPS) is 26.3. The molecule has 4 aliphatic heterocycles. The van der Waals surface area contributed by atoms with Gasteiger partial charge in [0.05, 0.1) is 36.9 Å². The van der Waals surface area contributed by atoms with Gasteiger partial charge in [-0.05, 0) is 42.3 Å². The molecule has 5 heterocycles. The molecule has 0 bridgehead atoms. The Morgan fingerprint density at radius 1 is 1.23 bits per heavy atom. The van der Waals surface area contributed by atoms with Gasteiger partial charge in [0, 0.05) is 42.8 Å². The zero-order valence-electron chi connectivity index (χ0n) is 19.7. The molecule has 0 aliphatic carbocycles. The highest BCUT2D eigenvalue weighted by Crippen LogP contribution is 2.37. The van der Waals surface area contributed by atoms with E-state index in [-0.39, 0.29) is 18.4 Å². The lowest BCUT2D eigenvalue weighted by atomic mass is 9.95. The Kier molecular flexibility index (Phi) is 5.52. The summed E-state index contributed by atoms with van der Waals surface area (Å²) in [5, 5.41) is 16.4. The number of rotatable bonds is 5. The molecule has 6 rings (SSSR count). The van der Waals surface area contributed by atoms with Crippen molar-refractivity contribution >= 4 is 6.21 Å². The maximum atomic E-state index is 10.9. The van der Waals surface area contributed by atoms with E-state index < -0.39 is 6.10 Å². The average Bonchev–Trinajstić information content (AvgIpc) is 3.56. The van der Waals surface area contributed by atoms with Crippen molar-refractivity contribution < 1.29 is 9.84 Å². The van der Waals surface area contributed by atoms with E-state index in [9.17, 15) is 5.11 Å². The topological polar surface area (TPSA) is 101 Å².